The van der Waals surface area contributed by atoms with E-state index in [1.807, 2.05) is 67.8 Å². The third-order valence-electron chi connectivity index (χ3n) is 8.98. The highest BCUT2D eigenvalue weighted by atomic mass is 16.2. The summed E-state index contributed by atoms with van der Waals surface area (Å²) in [7, 11) is 3.46. The number of aromatic amines is 1. The van der Waals surface area contributed by atoms with E-state index in [9.17, 15) is 19.2 Å². The first kappa shape index (κ1) is 38.3. The van der Waals surface area contributed by atoms with Crippen molar-refractivity contribution in [3.8, 4) is 0 Å². The fourth-order valence-corrected chi connectivity index (χ4v) is 5.99. The Labute approximate surface area is 286 Å². The first-order valence-corrected chi connectivity index (χ1v) is 17.5. The van der Waals surface area contributed by atoms with Gasteiger partial charge in [-0.05, 0) is 49.4 Å². The van der Waals surface area contributed by atoms with Crippen LogP contribution in [0.3, 0.4) is 0 Å². The van der Waals surface area contributed by atoms with Crippen LogP contribution < -0.4 is 16.4 Å². The summed E-state index contributed by atoms with van der Waals surface area (Å²) in [6.45, 7) is 5.12. The second-order valence-electron chi connectivity index (χ2n) is 12.8. The predicted molar refractivity (Wildman–Crippen MR) is 192 cm³/mol. The Kier molecular flexibility index (Phi) is 16.1. The van der Waals surface area contributed by atoms with Gasteiger partial charge < -0.3 is 31.2 Å². The zero-order chi connectivity index (χ0) is 34.9. The number of H-pyrrole nitrogens is 1. The molecule has 10 nitrogen and oxygen atoms in total. The van der Waals surface area contributed by atoms with Crippen LogP contribution in [-0.4, -0.2) is 83.7 Å². The molecule has 3 aromatic rings. The Balaban J connectivity index is 1.85. The van der Waals surface area contributed by atoms with Crippen LogP contribution in [0.4, 0.5) is 0 Å². The molecule has 1 heterocycles. The summed E-state index contributed by atoms with van der Waals surface area (Å²) in [6.07, 6.45) is 8.41. The van der Waals surface area contributed by atoms with E-state index in [4.69, 9.17) is 5.73 Å². The Morgan fingerprint density at radius 1 is 0.812 bits per heavy atom. The van der Waals surface area contributed by atoms with Gasteiger partial charge in [0.2, 0.25) is 23.6 Å². The molecule has 3 rings (SSSR count). The molecule has 262 valence electrons. The van der Waals surface area contributed by atoms with E-state index in [0.717, 1.165) is 54.1 Å². The highest BCUT2D eigenvalue weighted by Crippen LogP contribution is 2.22. The van der Waals surface area contributed by atoms with Gasteiger partial charge in [0.05, 0.1) is 0 Å². The maximum absolute atomic E-state index is 14.2. The van der Waals surface area contributed by atoms with Gasteiger partial charge in [0, 0.05) is 75.5 Å². The lowest BCUT2D eigenvalue weighted by atomic mass is 9.99. The average Bonchev–Trinajstić information content (AvgIpc) is 3.49. The highest BCUT2D eigenvalue weighted by molar-refractivity contribution is 5.90. The van der Waals surface area contributed by atoms with Gasteiger partial charge in [-0.1, -0.05) is 81.6 Å². The molecule has 0 aliphatic carbocycles. The van der Waals surface area contributed by atoms with Crippen LogP contribution in [0.15, 0.2) is 60.8 Å². The van der Waals surface area contributed by atoms with Crippen molar-refractivity contribution in [2.75, 3.05) is 27.2 Å². The Bertz CT molecular complexity index is 1440. The first-order chi connectivity index (χ1) is 23.2. The fraction of sp³-hybridized carbons (Fsp3) is 0.526. The number of likely N-dealkylation sites (N-methyl/N-ethyl adjacent to an activating group) is 1. The largest absolute Gasteiger partial charge is 0.361 e. The lowest BCUT2D eigenvalue weighted by molar-refractivity contribution is -0.140. The fourth-order valence-electron chi connectivity index (χ4n) is 5.99. The van der Waals surface area contributed by atoms with Crippen molar-refractivity contribution in [2.45, 2.75) is 103 Å². The van der Waals surface area contributed by atoms with Crippen LogP contribution in [0.2, 0.25) is 0 Å². The van der Waals surface area contributed by atoms with Crippen molar-refractivity contribution in [3.63, 3.8) is 0 Å². The van der Waals surface area contributed by atoms with E-state index in [0.29, 0.717) is 32.4 Å². The number of para-hydroxylation sites is 1. The summed E-state index contributed by atoms with van der Waals surface area (Å²) >= 11 is 0. The molecule has 0 fully saturated rings. The van der Waals surface area contributed by atoms with E-state index in [1.54, 1.807) is 18.9 Å². The number of unbranched alkanes of at least 4 members (excludes halogenated alkanes) is 3. The molecular formula is C38H56N6O4. The van der Waals surface area contributed by atoms with Gasteiger partial charge in [-0.25, -0.2) is 0 Å². The molecule has 0 spiro atoms. The lowest BCUT2D eigenvalue weighted by Crippen LogP contribution is -2.53. The molecule has 4 amide bonds. The minimum atomic E-state index is -0.842. The van der Waals surface area contributed by atoms with Gasteiger partial charge >= 0.3 is 0 Å². The van der Waals surface area contributed by atoms with E-state index < -0.39 is 18.1 Å². The number of carbonyl (C=O) groups excluding carboxylic acids is 4. The normalized spacial score (nSPS) is 13.0. The summed E-state index contributed by atoms with van der Waals surface area (Å²) in [6, 6.07) is 15.9. The third-order valence-corrected chi connectivity index (χ3v) is 8.98. The summed E-state index contributed by atoms with van der Waals surface area (Å²) in [5.41, 5.74) is 8.63. The van der Waals surface area contributed by atoms with Crippen LogP contribution >= 0.6 is 0 Å². The number of carbonyl (C=O) groups is 4. The van der Waals surface area contributed by atoms with Crippen LogP contribution in [0.1, 0.15) is 82.8 Å². The van der Waals surface area contributed by atoms with Crippen molar-refractivity contribution < 1.29 is 19.2 Å². The van der Waals surface area contributed by atoms with Crippen LogP contribution in [-0.2, 0) is 32.0 Å². The highest BCUT2D eigenvalue weighted by Gasteiger charge is 2.31. The number of aromatic nitrogens is 1. The quantitative estimate of drug-likeness (QED) is 0.123. The number of benzene rings is 2. The summed E-state index contributed by atoms with van der Waals surface area (Å²) in [5.74, 6) is -0.715. The monoisotopic (exact) mass is 660 g/mol. The van der Waals surface area contributed by atoms with Gasteiger partial charge in [0.1, 0.15) is 6.04 Å². The van der Waals surface area contributed by atoms with Gasteiger partial charge in [-0.3, -0.25) is 19.2 Å². The standard InChI is InChI=1S/C38H56N6O4/c1-5-7-15-22-43(3)36(46)25-30(18-13-14-21-39)42-38(48)34(24-29-27-40-33-20-12-11-19-32(29)33)44(4)37(47)26-31(41-35(45)6-2)23-28-16-9-8-10-17-28/h8-12,16-17,19-20,27,30-31,34,40H,5-7,13-15,18,21-26,39H2,1-4H3,(H,41,45)(H,42,48)/t30?,31-,34+/m1/s1. The molecule has 1 unspecified atom stereocenters. The summed E-state index contributed by atoms with van der Waals surface area (Å²) < 4.78 is 0. The van der Waals surface area contributed by atoms with E-state index in [1.165, 1.54) is 4.90 Å². The van der Waals surface area contributed by atoms with Gasteiger partial charge in [0.15, 0.2) is 0 Å². The number of amides is 4. The van der Waals surface area contributed by atoms with Crippen molar-refractivity contribution >= 4 is 34.5 Å². The molecule has 0 radical (unpaired) electrons. The molecular weight excluding hydrogens is 604 g/mol. The smallest absolute Gasteiger partial charge is 0.243 e. The second-order valence-corrected chi connectivity index (χ2v) is 12.8. The molecule has 3 atom stereocenters. The molecule has 0 bridgehead atoms. The van der Waals surface area contributed by atoms with Gasteiger partial charge in [-0.2, -0.15) is 0 Å². The zero-order valence-electron chi connectivity index (χ0n) is 29.3. The summed E-state index contributed by atoms with van der Waals surface area (Å²) in [5, 5.41) is 7.15. The van der Waals surface area contributed by atoms with Crippen LogP contribution in [0.25, 0.3) is 10.9 Å². The Morgan fingerprint density at radius 3 is 2.23 bits per heavy atom. The number of hydrogen-bond donors (Lipinski definition) is 4. The summed E-state index contributed by atoms with van der Waals surface area (Å²) in [4.78, 5) is 60.3. The molecule has 0 aliphatic heterocycles. The molecule has 0 saturated carbocycles. The van der Waals surface area contributed by atoms with E-state index >= 15 is 0 Å². The third kappa shape index (κ3) is 12.1. The van der Waals surface area contributed by atoms with E-state index in [2.05, 4.69) is 22.5 Å². The minimum absolute atomic E-state index is 0.0165. The number of fused-ring (bicyclic) bond motifs is 1. The van der Waals surface area contributed by atoms with Crippen molar-refractivity contribution in [1.82, 2.24) is 25.4 Å². The topological polar surface area (TPSA) is 141 Å². The number of nitrogens with one attached hydrogen (secondary N) is 3. The van der Waals surface area contributed by atoms with Crippen molar-refractivity contribution in [3.05, 3.63) is 71.9 Å². The molecule has 48 heavy (non-hydrogen) atoms. The molecule has 5 N–H and O–H groups in total. The minimum Gasteiger partial charge on any atom is -0.361 e. The number of nitrogens with zero attached hydrogens (tertiary/aromatic N) is 2. The predicted octanol–water partition coefficient (Wildman–Crippen LogP) is 4.72. The van der Waals surface area contributed by atoms with Crippen LogP contribution in [0, 0.1) is 0 Å². The van der Waals surface area contributed by atoms with Gasteiger partial charge in [-0.15, -0.1) is 0 Å². The maximum atomic E-state index is 14.2. The first-order valence-electron chi connectivity index (χ1n) is 17.5. The number of hydrogen-bond acceptors (Lipinski definition) is 5. The number of nitrogens with two attached hydrogens (primary N) is 1. The Morgan fingerprint density at radius 2 is 1.52 bits per heavy atom. The lowest BCUT2D eigenvalue weighted by Gasteiger charge is -2.31. The van der Waals surface area contributed by atoms with Crippen molar-refractivity contribution in [1.29, 1.82) is 0 Å². The average molecular weight is 661 g/mol. The zero-order valence-corrected chi connectivity index (χ0v) is 29.3. The Hall–Kier alpha value is -4.18. The maximum Gasteiger partial charge on any atom is 0.243 e. The SMILES string of the molecule is CCCCCN(C)C(=O)CC(CCCCN)NC(=O)[C@H](Cc1c[nH]c2ccccc12)N(C)C(=O)C[C@@H](Cc1ccccc1)NC(=O)CC. The van der Waals surface area contributed by atoms with E-state index in [-0.39, 0.29) is 42.9 Å². The molecule has 1 aromatic heterocycles. The van der Waals surface area contributed by atoms with Crippen LogP contribution in [0.5, 0.6) is 0 Å². The molecule has 10 heteroatoms. The molecule has 2 aromatic carbocycles. The van der Waals surface area contributed by atoms with Crippen molar-refractivity contribution in [2.24, 2.45) is 5.73 Å². The number of rotatable bonds is 21. The van der Waals surface area contributed by atoms with Gasteiger partial charge in [0.25, 0.3) is 0 Å². The molecule has 0 aliphatic rings. The second kappa shape index (κ2) is 20.2. The molecule has 0 saturated heterocycles.